The number of rotatable bonds is 5. The van der Waals surface area contributed by atoms with E-state index >= 15 is 0 Å². The summed E-state index contributed by atoms with van der Waals surface area (Å²) in [7, 11) is 0. The van der Waals surface area contributed by atoms with Gasteiger partial charge in [-0.2, -0.15) is 11.8 Å². The standard InChI is InChI=1S/C13H18FNOS/c1-4-17-8-10(3)15-13(16)11-5-6-12(14)9(2)7-11/h5-7,10H,4,8H2,1-3H3,(H,15,16). The van der Waals surface area contributed by atoms with Gasteiger partial charge in [0.25, 0.3) is 5.91 Å². The summed E-state index contributed by atoms with van der Waals surface area (Å²) in [5, 5.41) is 2.90. The number of thioether (sulfide) groups is 1. The van der Waals surface area contributed by atoms with Crippen molar-refractivity contribution in [2.45, 2.75) is 26.8 Å². The minimum Gasteiger partial charge on any atom is -0.349 e. The number of hydrogen-bond acceptors (Lipinski definition) is 2. The van der Waals surface area contributed by atoms with E-state index in [9.17, 15) is 9.18 Å². The summed E-state index contributed by atoms with van der Waals surface area (Å²) in [6.07, 6.45) is 0. The molecule has 0 bridgehead atoms. The van der Waals surface area contributed by atoms with Crippen molar-refractivity contribution in [2.75, 3.05) is 11.5 Å². The Morgan fingerprint density at radius 3 is 2.82 bits per heavy atom. The van der Waals surface area contributed by atoms with E-state index in [1.165, 1.54) is 12.1 Å². The molecule has 2 nitrogen and oxygen atoms in total. The Bertz CT molecular complexity index is 395. The fourth-order valence-corrected chi connectivity index (χ4v) is 2.10. The Kier molecular flexibility index (Phi) is 5.48. The minimum atomic E-state index is -0.281. The van der Waals surface area contributed by atoms with Gasteiger partial charge in [-0.15, -0.1) is 0 Å². The van der Waals surface area contributed by atoms with Crippen LogP contribution in [0.2, 0.25) is 0 Å². The fourth-order valence-electron chi connectivity index (χ4n) is 1.43. The molecule has 1 amide bonds. The minimum absolute atomic E-state index is 0.123. The van der Waals surface area contributed by atoms with Crippen LogP contribution in [0.4, 0.5) is 4.39 Å². The van der Waals surface area contributed by atoms with E-state index in [2.05, 4.69) is 12.2 Å². The van der Waals surface area contributed by atoms with Gasteiger partial charge in [0.1, 0.15) is 5.82 Å². The number of benzene rings is 1. The second-order valence-corrected chi connectivity index (χ2v) is 5.32. The molecule has 0 radical (unpaired) electrons. The lowest BCUT2D eigenvalue weighted by Crippen LogP contribution is -2.34. The lowest BCUT2D eigenvalue weighted by atomic mass is 10.1. The molecule has 0 aliphatic heterocycles. The van der Waals surface area contributed by atoms with E-state index in [1.807, 2.05) is 6.92 Å². The molecule has 0 heterocycles. The molecule has 0 aliphatic carbocycles. The highest BCUT2D eigenvalue weighted by Crippen LogP contribution is 2.10. The van der Waals surface area contributed by atoms with E-state index in [0.29, 0.717) is 11.1 Å². The van der Waals surface area contributed by atoms with Gasteiger partial charge in [-0.1, -0.05) is 6.92 Å². The van der Waals surface area contributed by atoms with Crippen LogP contribution in [-0.4, -0.2) is 23.5 Å². The zero-order chi connectivity index (χ0) is 12.8. The first-order valence-electron chi connectivity index (χ1n) is 5.69. The van der Waals surface area contributed by atoms with Crippen LogP contribution in [0.15, 0.2) is 18.2 Å². The number of amides is 1. The molecule has 1 unspecified atom stereocenters. The second kappa shape index (κ2) is 6.64. The highest BCUT2D eigenvalue weighted by molar-refractivity contribution is 7.99. The Hall–Kier alpha value is -1.03. The zero-order valence-corrected chi connectivity index (χ0v) is 11.2. The third-order valence-electron chi connectivity index (χ3n) is 2.37. The number of nitrogens with one attached hydrogen (secondary N) is 1. The summed E-state index contributed by atoms with van der Waals surface area (Å²) in [5.41, 5.74) is 1.01. The summed E-state index contributed by atoms with van der Waals surface area (Å²) >= 11 is 1.78. The Labute approximate surface area is 106 Å². The summed E-state index contributed by atoms with van der Waals surface area (Å²) in [4.78, 5) is 11.8. The van der Waals surface area contributed by atoms with Gasteiger partial charge >= 0.3 is 0 Å². The van der Waals surface area contributed by atoms with E-state index in [0.717, 1.165) is 11.5 Å². The number of carbonyl (C=O) groups is 1. The van der Waals surface area contributed by atoms with E-state index in [4.69, 9.17) is 0 Å². The number of aryl methyl sites for hydroxylation is 1. The molecule has 0 saturated carbocycles. The number of carbonyl (C=O) groups excluding carboxylic acids is 1. The molecule has 17 heavy (non-hydrogen) atoms. The first-order valence-corrected chi connectivity index (χ1v) is 6.84. The maximum Gasteiger partial charge on any atom is 0.251 e. The van der Waals surface area contributed by atoms with Crippen molar-refractivity contribution in [3.05, 3.63) is 35.1 Å². The van der Waals surface area contributed by atoms with Crippen LogP contribution in [0.3, 0.4) is 0 Å². The van der Waals surface area contributed by atoms with Crippen LogP contribution >= 0.6 is 11.8 Å². The van der Waals surface area contributed by atoms with Gasteiger partial charge in [0.15, 0.2) is 0 Å². The highest BCUT2D eigenvalue weighted by Gasteiger charge is 2.10. The second-order valence-electron chi connectivity index (χ2n) is 4.00. The molecule has 0 aromatic heterocycles. The molecule has 0 spiro atoms. The molecule has 0 aliphatic rings. The normalized spacial score (nSPS) is 12.2. The molecule has 1 aromatic carbocycles. The van der Waals surface area contributed by atoms with Crippen molar-refractivity contribution in [2.24, 2.45) is 0 Å². The maximum atomic E-state index is 13.1. The number of halogens is 1. The zero-order valence-electron chi connectivity index (χ0n) is 10.4. The van der Waals surface area contributed by atoms with Crippen molar-refractivity contribution < 1.29 is 9.18 Å². The Morgan fingerprint density at radius 2 is 2.24 bits per heavy atom. The predicted molar refractivity (Wildman–Crippen MR) is 71.1 cm³/mol. The average molecular weight is 255 g/mol. The first-order chi connectivity index (χ1) is 8.04. The largest absolute Gasteiger partial charge is 0.349 e. The van der Waals surface area contributed by atoms with Gasteiger partial charge in [0, 0.05) is 17.4 Å². The van der Waals surface area contributed by atoms with Crippen LogP contribution in [0.25, 0.3) is 0 Å². The van der Waals surface area contributed by atoms with E-state index in [1.54, 1.807) is 24.8 Å². The van der Waals surface area contributed by atoms with E-state index in [-0.39, 0.29) is 17.8 Å². The first kappa shape index (κ1) is 14.0. The summed E-state index contributed by atoms with van der Waals surface area (Å²) in [5.74, 6) is 1.51. The molecule has 0 saturated heterocycles. The predicted octanol–water partition coefficient (Wildman–Crippen LogP) is 3.01. The molecule has 1 aromatic rings. The summed E-state index contributed by atoms with van der Waals surface area (Å²) < 4.78 is 13.1. The summed E-state index contributed by atoms with van der Waals surface area (Å²) in [6.45, 7) is 5.71. The quantitative estimate of drug-likeness (QED) is 0.876. The average Bonchev–Trinajstić information content (AvgIpc) is 2.30. The molecular formula is C13H18FNOS. The van der Waals surface area contributed by atoms with Gasteiger partial charge in [-0.05, 0) is 43.4 Å². The SMILES string of the molecule is CCSCC(C)NC(=O)c1ccc(F)c(C)c1. The van der Waals surface area contributed by atoms with Gasteiger partial charge in [0.05, 0.1) is 0 Å². The van der Waals surface area contributed by atoms with Crippen LogP contribution in [0.1, 0.15) is 29.8 Å². The maximum absolute atomic E-state index is 13.1. The third-order valence-corrected chi connectivity index (χ3v) is 3.51. The molecule has 1 atom stereocenters. The molecule has 4 heteroatoms. The van der Waals surface area contributed by atoms with Crippen LogP contribution in [0, 0.1) is 12.7 Å². The lowest BCUT2D eigenvalue weighted by molar-refractivity contribution is 0.0943. The number of hydrogen-bond donors (Lipinski definition) is 1. The third kappa shape index (κ3) is 4.38. The molecule has 1 rings (SSSR count). The highest BCUT2D eigenvalue weighted by atomic mass is 32.2. The molecule has 94 valence electrons. The van der Waals surface area contributed by atoms with Crippen LogP contribution in [0.5, 0.6) is 0 Å². The Balaban J connectivity index is 2.60. The summed E-state index contributed by atoms with van der Waals surface area (Å²) in [6, 6.07) is 4.54. The van der Waals surface area contributed by atoms with Gasteiger partial charge < -0.3 is 5.32 Å². The van der Waals surface area contributed by atoms with Gasteiger partial charge in [0.2, 0.25) is 0 Å². The van der Waals surface area contributed by atoms with Crippen LogP contribution < -0.4 is 5.32 Å². The van der Waals surface area contributed by atoms with Crippen molar-refractivity contribution >= 4 is 17.7 Å². The van der Waals surface area contributed by atoms with Crippen molar-refractivity contribution in [1.29, 1.82) is 0 Å². The molecule has 1 N–H and O–H groups in total. The van der Waals surface area contributed by atoms with Gasteiger partial charge in [-0.25, -0.2) is 4.39 Å². The van der Waals surface area contributed by atoms with E-state index < -0.39 is 0 Å². The van der Waals surface area contributed by atoms with Crippen molar-refractivity contribution in [3.63, 3.8) is 0 Å². The van der Waals surface area contributed by atoms with Gasteiger partial charge in [-0.3, -0.25) is 4.79 Å². The van der Waals surface area contributed by atoms with Crippen LogP contribution in [-0.2, 0) is 0 Å². The van der Waals surface area contributed by atoms with Crippen molar-refractivity contribution in [3.8, 4) is 0 Å². The molecular weight excluding hydrogens is 237 g/mol. The monoisotopic (exact) mass is 255 g/mol. The smallest absolute Gasteiger partial charge is 0.251 e. The topological polar surface area (TPSA) is 29.1 Å². The van der Waals surface area contributed by atoms with Crippen molar-refractivity contribution in [1.82, 2.24) is 5.32 Å². The fraction of sp³-hybridized carbons (Fsp3) is 0.462. The molecule has 0 fully saturated rings. The lowest BCUT2D eigenvalue weighted by Gasteiger charge is -2.13. The Morgan fingerprint density at radius 1 is 1.53 bits per heavy atom.